The summed E-state index contributed by atoms with van der Waals surface area (Å²) in [7, 11) is 0. The number of halogens is 2. The third-order valence-electron chi connectivity index (χ3n) is 4.27. The maximum Gasteiger partial charge on any atom is 0.339 e. The molecule has 6 heteroatoms. The summed E-state index contributed by atoms with van der Waals surface area (Å²) in [5, 5.41) is 19.2. The van der Waals surface area contributed by atoms with E-state index in [0.29, 0.717) is 24.1 Å². The molecule has 2 aromatic carbocycles. The summed E-state index contributed by atoms with van der Waals surface area (Å²) in [6, 6.07) is 5.76. The molecule has 0 saturated carbocycles. The molecule has 0 aromatic heterocycles. The average Bonchev–Trinajstić information content (AvgIpc) is 2.56. The van der Waals surface area contributed by atoms with Crippen LogP contribution in [0.3, 0.4) is 0 Å². The Bertz CT molecular complexity index is 774. The summed E-state index contributed by atoms with van der Waals surface area (Å²) in [5.41, 5.74) is 0.753. The van der Waals surface area contributed by atoms with Crippen LogP contribution in [-0.2, 0) is 6.42 Å². The molecule has 0 unspecified atom stereocenters. The van der Waals surface area contributed by atoms with Crippen molar-refractivity contribution in [1.29, 1.82) is 0 Å². The largest absolute Gasteiger partial charge is 0.507 e. The highest BCUT2D eigenvalue weighted by Crippen LogP contribution is 2.32. The van der Waals surface area contributed by atoms with Crippen molar-refractivity contribution in [2.45, 2.75) is 20.3 Å². The molecule has 0 aliphatic carbocycles. The van der Waals surface area contributed by atoms with E-state index in [1.54, 1.807) is 0 Å². The minimum atomic E-state index is -1.31. The highest BCUT2D eigenvalue weighted by Gasteiger charge is 2.18. The van der Waals surface area contributed by atoms with Gasteiger partial charge in [-0.25, -0.2) is 13.6 Å². The van der Waals surface area contributed by atoms with Gasteiger partial charge in [-0.2, -0.15) is 0 Å². The number of carboxylic acids is 1. The van der Waals surface area contributed by atoms with Crippen LogP contribution in [0.1, 0.15) is 29.8 Å². The number of hydrogen-bond donors (Lipinski definition) is 2. The number of nitrogens with zero attached hydrogens (tertiary/aromatic N) is 1. The molecule has 2 aromatic rings. The predicted octanol–water partition coefficient (Wildman–Crippen LogP) is 3.92. The van der Waals surface area contributed by atoms with E-state index in [0.717, 1.165) is 25.2 Å². The van der Waals surface area contributed by atoms with Crippen LogP contribution in [-0.4, -0.2) is 40.7 Å². The Morgan fingerprint density at radius 2 is 1.76 bits per heavy atom. The van der Waals surface area contributed by atoms with Gasteiger partial charge in [-0.05, 0) is 54.9 Å². The Kier molecular flexibility index (Phi) is 6.09. The molecule has 4 nitrogen and oxygen atoms in total. The van der Waals surface area contributed by atoms with Crippen molar-refractivity contribution in [3.8, 4) is 16.9 Å². The maximum absolute atomic E-state index is 14.2. The Labute approximate surface area is 145 Å². The van der Waals surface area contributed by atoms with Gasteiger partial charge in [0.15, 0.2) is 0 Å². The number of hydrogen-bond acceptors (Lipinski definition) is 3. The minimum absolute atomic E-state index is 0.110. The third-order valence-corrected chi connectivity index (χ3v) is 4.27. The van der Waals surface area contributed by atoms with Gasteiger partial charge in [0.2, 0.25) is 0 Å². The van der Waals surface area contributed by atoms with Gasteiger partial charge in [0, 0.05) is 18.2 Å². The second kappa shape index (κ2) is 8.07. The van der Waals surface area contributed by atoms with Crippen molar-refractivity contribution in [3.05, 3.63) is 53.1 Å². The summed E-state index contributed by atoms with van der Waals surface area (Å²) in [4.78, 5) is 13.5. The van der Waals surface area contributed by atoms with Crippen molar-refractivity contribution in [1.82, 2.24) is 4.90 Å². The van der Waals surface area contributed by atoms with Crippen LogP contribution in [0.2, 0.25) is 0 Å². The topological polar surface area (TPSA) is 60.8 Å². The number of phenols is 1. The van der Waals surface area contributed by atoms with Crippen LogP contribution in [0.4, 0.5) is 8.78 Å². The fraction of sp³-hybridized carbons (Fsp3) is 0.316. The van der Waals surface area contributed by atoms with E-state index >= 15 is 0 Å². The lowest BCUT2D eigenvalue weighted by Gasteiger charge is -2.20. The summed E-state index contributed by atoms with van der Waals surface area (Å²) >= 11 is 0. The molecule has 0 fully saturated rings. The zero-order valence-corrected chi connectivity index (χ0v) is 14.2. The molecule has 0 radical (unpaired) electrons. The number of rotatable bonds is 7. The SMILES string of the molecule is CCN(CC)CCc1cc(O)c(C(=O)O)cc1-c1ccc(F)cc1F. The predicted molar refractivity (Wildman–Crippen MR) is 91.9 cm³/mol. The van der Waals surface area contributed by atoms with Crippen LogP contribution in [0.5, 0.6) is 5.75 Å². The monoisotopic (exact) mass is 349 g/mol. The number of carboxylic acid groups (broad SMARTS) is 1. The van der Waals surface area contributed by atoms with Gasteiger partial charge in [0.05, 0.1) is 0 Å². The van der Waals surface area contributed by atoms with E-state index in [9.17, 15) is 23.8 Å². The first-order chi connectivity index (χ1) is 11.9. The van der Waals surface area contributed by atoms with Gasteiger partial charge in [0.1, 0.15) is 22.9 Å². The Hall–Kier alpha value is -2.47. The van der Waals surface area contributed by atoms with Gasteiger partial charge >= 0.3 is 5.97 Å². The molecule has 25 heavy (non-hydrogen) atoms. The number of aromatic carboxylic acids is 1. The molecular weight excluding hydrogens is 328 g/mol. The Morgan fingerprint density at radius 1 is 1.08 bits per heavy atom. The van der Waals surface area contributed by atoms with Gasteiger partial charge in [-0.1, -0.05) is 13.8 Å². The van der Waals surface area contributed by atoms with Crippen LogP contribution in [0.25, 0.3) is 11.1 Å². The smallest absolute Gasteiger partial charge is 0.339 e. The molecular formula is C19H21F2NO3. The number of benzene rings is 2. The van der Waals surface area contributed by atoms with Crippen LogP contribution >= 0.6 is 0 Å². The molecule has 0 atom stereocenters. The summed E-state index contributed by atoms with van der Waals surface area (Å²) < 4.78 is 27.4. The minimum Gasteiger partial charge on any atom is -0.507 e. The lowest BCUT2D eigenvalue weighted by Crippen LogP contribution is -2.25. The fourth-order valence-electron chi connectivity index (χ4n) is 2.79. The normalized spacial score (nSPS) is 11.1. The van der Waals surface area contributed by atoms with E-state index in [1.165, 1.54) is 18.2 Å². The molecule has 0 saturated heterocycles. The fourth-order valence-corrected chi connectivity index (χ4v) is 2.79. The third kappa shape index (κ3) is 4.33. The molecule has 134 valence electrons. The van der Waals surface area contributed by atoms with Crippen LogP contribution < -0.4 is 0 Å². The number of carbonyl (C=O) groups is 1. The zero-order chi connectivity index (χ0) is 18.6. The number of likely N-dealkylation sites (N-methyl/N-ethyl adjacent to an activating group) is 1. The molecule has 0 spiro atoms. The molecule has 0 aliphatic rings. The molecule has 2 N–H and O–H groups in total. The van der Waals surface area contributed by atoms with Crippen molar-refractivity contribution < 1.29 is 23.8 Å². The Balaban J connectivity index is 2.53. The van der Waals surface area contributed by atoms with Crippen molar-refractivity contribution in [3.63, 3.8) is 0 Å². The van der Waals surface area contributed by atoms with E-state index < -0.39 is 17.6 Å². The Morgan fingerprint density at radius 3 is 2.32 bits per heavy atom. The molecule has 2 rings (SSSR count). The first-order valence-electron chi connectivity index (χ1n) is 8.14. The second-order valence-electron chi connectivity index (χ2n) is 5.73. The second-order valence-corrected chi connectivity index (χ2v) is 5.73. The van der Waals surface area contributed by atoms with Crippen molar-refractivity contribution >= 4 is 5.97 Å². The lowest BCUT2D eigenvalue weighted by molar-refractivity contribution is 0.0693. The van der Waals surface area contributed by atoms with Crippen molar-refractivity contribution in [2.24, 2.45) is 0 Å². The van der Waals surface area contributed by atoms with Gasteiger partial charge in [-0.3, -0.25) is 0 Å². The molecule has 0 amide bonds. The van der Waals surface area contributed by atoms with Gasteiger partial charge in [0.25, 0.3) is 0 Å². The summed E-state index contributed by atoms with van der Waals surface area (Å²) in [6.45, 7) is 6.41. The highest BCUT2D eigenvalue weighted by atomic mass is 19.1. The van der Waals surface area contributed by atoms with Gasteiger partial charge in [-0.15, -0.1) is 0 Å². The summed E-state index contributed by atoms with van der Waals surface area (Å²) in [5.74, 6) is -3.15. The van der Waals surface area contributed by atoms with E-state index in [4.69, 9.17) is 0 Å². The van der Waals surface area contributed by atoms with E-state index in [1.807, 2.05) is 13.8 Å². The van der Waals surface area contributed by atoms with E-state index in [2.05, 4.69) is 4.90 Å². The lowest BCUT2D eigenvalue weighted by atomic mass is 9.94. The molecule has 0 aliphatic heterocycles. The first-order valence-corrected chi connectivity index (χ1v) is 8.14. The first kappa shape index (κ1) is 18.9. The quantitative estimate of drug-likeness (QED) is 0.795. The highest BCUT2D eigenvalue weighted by molar-refractivity contribution is 5.93. The van der Waals surface area contributed by atoms with Crippen molar-refractivity contribution in [2.75, 3.05) is 19.6 Å². The molecule has 0 heterocycles. The standard InChI is InChI=1S/C19H21F2NO3/c1-3-22(4-2)8-7-12-9-18(23)16(19(24)25)11-15(12)14-6-5-13(20)10-17(14)21/h5-6,9-11,23H,3-4,7-8H2,1-2H3,(H,24,25). The number of aromatic hydroxyl groups is 1. The summed E-state index contributed by atoms with van der Waals surface area (Å²) in [6.07, 6.45) is 0.501. The maximum atomic E-state index is 14.2. The average molecular weight is 349 g/mol. The van der Waals surface area contributed by atoms with Gasteiger partial charge < -0.3 is 15.1 Å². The van der Waals surface area contributed by atoms with E-state index in [-0.39, 0.29) is 16.9 Å². The molecule has 0 bridgehead atoms. The van der Waals surface area contributed by atoms with Crippen LogP contribution in [0, 0.1) is 11.6 Å². The van der Waals surface area contributed by atoms with Crippen LogP contribution in [0.15, 0.2) is 30.3 Å². The zero-order valence-electron chi connectivity index (χ0n) is 14.2.